The summed E-state index contributed by atoms with van der Waals surface area (Å²) >= 11 is 0. The molecular weight excluding hydrogens is 388 g/mol. The largest absolute Gasteiger partial charge is 0.493 e. The van der Waals surface area contributed by atoms with Crippen LogP contribution in [0.2, 0.25) is 0 Å². The summed E-state index contributed by atoms with van der Waals surface area (Å²) in [6, 6.07) is 7.46. The van der Waals surface area contributed by atoms with Crippen molar-refractivity contribution in [3.05, 3.63) is 29.8 Å². The number of Topliss-reactive ketones (excluding diaryl/α,β-unsaturated/α-hetero) is 1. The summed E-state index contributed by atoms with van der Waals surface area (Å²) in [6.45, 7) is 3.88. The van der Waals surface area contributed by atoms with Crippen LogP contribution in [0.25, 0.3) is 0 Å². The number of carbonyl (C=O) groups excluding carboxylic acids is 3. The van der Waals surface area contributed by atoms with E-state index in [1.54, 1.807) is 13.8 Å². The van der Waals surface area contributed by atoms with Crippen molar-refractivity contribution in [2.75, 3.05) is 13.2 Å². The van der Waals surface area contributed by atoms with Crippen LogP contribution in [0.1, 0.15) is 45.1 Å². The number of carboxylic acids is 1. The Kier molecular flexibility index (Phi) is 6.43. The topological polar surface area (TPSA) is 113 Å². The van der Waals surface area contributed by atoms with Gasteiger partial charge in [-0.3, -0.25) is 19.2 Å². The number of ether oxygens (including phenoxy) is 1. The molecule has 2 amide bonds. The molecule has 1 atom stereocenters. The van der Waals surface area contributed by atoms with Gasteiger partial charge in [0, 0.05) is 18.5 Å². The molecule has 1 unspecified atom stereocenters. The summed E-state index contributed by atoms with van der Waals surface area (Å²) in [5, 5.41) is 10.9. The fourth-order valence-electron chi connectivity index (χ4n) is 3.78. The smallest absolute Gasteiger partial charge is 0.322 e. The minimum absolute atomic E-state index is 0.0203. The number of carboxylic acid groups (broad SMARTS) is 1. The van der Waals surface area contributed by atoms with Crippen LogP contribution in [0.5, 0.6) is 5.75 Å². The molecule has 8 nitrogen and oxygen atoms in total. The number of benzene rings is 1. The van der Waals surface area contributed by atoms with Gasteiger partial charge >= 0.3 is 5.97 Å². The number of carbonyl (C=O) groups is 4. The van der Waals surface area contributed by atoms with Gasteiger partial charge in [-0.25, -0.2) is 0 Å². The Bertz CT molecular complexity index is 829. The van der Waals surface area contributed by atoms with E-state index in [1.165, 1.54) is 24.2 Å². The molecule has 162 valence electrons. The van der Waals surface area contributed by atoms with E-state index in [2.05, 4.69) is 5.32 Å². The fraction of sp³-hybridized carbons (Fsp3) is 0.545. The molecule has 1 aromatic carbocycles. The van der Waals surface area contributed by atoms with E-state index >= 15 is 0 Å². The molecule has 0 spiro atoms. The van der Waals surface area contributed by atoms with Crippen LogP contribution in [0.15, 0.2) is 24.3 Å². The fourth-order valence-corrected chi connectivity index (χ4v) is 3.78. The van der Waals surface area contributed by atoms with E-state index in [0.717, 1.165) is 11.3 Å². The number of nitrogens with zero attached hydrogens (tertiary/aromatic N) is 1. The summed E-state index contributed by atoms with van der Waals surface area (Å²) in [6.07, 6.45) is 3.71. The van der Waals surface area contributed by atoms with E-state index in [-0.39, 0.29) is 13.0 Å². The van der Waals surface area contributed by atoms with Crippen LogP contribution < -0.4 is 10.1 Å². The van der Waals surface area contributed by atoms with Crippen molar-refractivity contribution in [1.82, 2.24) is 10.2 Å². The lowest BCUT2D eigenvalue weighted by atomic mass is 9.82. The summed E-state index contributed by atoms with van der Waals surface area (Å²) in [7, 11) is 0. The van der Waals surface area contributed by atoms with Gasteiger partial charge < -0.3 is 20.1 Å². The van der Waals surface area contributed by atoms with E-state index < -0.39 is 41.6 Å². The molecule has 0 bridgehead atoms. The summed E-state index contributed by atoms with van der Waals surface area (Å²) < 4.78 is 5.80. The second-order valence-corrected chi connectivity index (χ2v) is 8.68. The zero-order chi connectivity index (χ0) is 21.9. The maximum Gasteiger partial charge on any atom is 0.322 e. The minimum atomic E-state index is -1.51. The highest BCUT2D eigenvalue weighted by Gasteiger charge is 2.48. The van der Waals surface area contributed by atoms with Crippen molar-refractivity contribution in [2.24, 2.45) is 11.8 Å². The first kappa shape index (κ1) is 21.8. The summed E-state index contributed by atoms with van der Waals surface area (Å²) in [5.74, 6) is -3.31. The van der Waals surface area contributed by atoms with E-state index in [9.17, 15) is 19.2 Å². The van der Waals surface area contributed by atoms with Crippen molar-refractivity contribution in [2.45, 2.75) is 51.6 Å². The second kappa shape index (κ2) is 8.85. The number of rotatable bonds is 8. The van der Waals surface area contributed by atoms with Gasteiger partial charge in [-0.05, 0) is 50.3 Å². The average Bonchev–Trinajstić information content (AvgIpc) is 2.62. The molecule has 1 aliphatic carbocycles. The number of hydrogen-bond donors (Lipinski definition) is 2. The summed E-state index contributed by atoms with van der Waals surface area (Å²) in [4.78, 5) is 49.9. The molecule has 8 heteroatoms. The minimum Gasteiger partial charge on any atom is -0.493 e. The lowest BCUT2D eigenvalue weighted by Crippen LogP contribution is -2.60. The molecular formula is C22H28N2O6. The Morgan fingerprint density at radius 2 is 1.87 bits per heavy atom. The highest BCUT2D eigenvalue weighted by Crippen LogP contribution is 2.32. The van der Waals surface area contributed by atoms with Gasteiger partial charge in [0.25, 0.3) is 0 Å². The first-order valence-electron chi connectivity index (χ1n) is 10.2. The molecule has 2 aliphatic rings. The molecule has 30 heavy (non-hydrogen) atoms. The van der Waals surface area contributed by atoms with Gasteiger partial charge in [0.05, 0.1) is 6.61 Å². The molecule has 1 saturated heterocycles. The number of amides is 2. The van der Waals surface area contributed by atoms with Gasteiger partial charge in [-0.15, -0.1) is 0 Å². The molecule has 3 rings (SSSR count). The first-order chi connectivity index (χ1) is 14.2. The predicted octanol–water partition coefficient (Wildman–Crippen LogP) is 1.76. The molecule has 1 aliphatic heterocycles. The Morgan fingerprint density at radius 3 is 2.43 bits per heavy atom. The van der Waals surface area contributed by atoms with Gasteiger partial charge in [0.2, 0.25) is 11.8 Å². The number of aliphatic carboxylic acids is 1. The van der Waals surface area contributed by atoms with Crippen molar-refractivity contribution < 1.29 is 29.0 Å². The predicted molar refractivity (Wildman–Crippen MR) is 108 cm³/mol. The lowest BCUT2D eigenvalue weighted by Gasteiger charge is -2.44. The number of hydrogen-bond acceptors (Lipinski definition) is 5. The van der Waals surface area contributed by atoms with Crippen molar-refractivity contribution in [1.29, 1.82) is 0 Å². The first-order valence-corrected chi connectivity index (χ1v) is 10.2. The zero-order valence-electron chi connectivity index (χ0n) is 17.3. The maximum absolute atomic E-state index is 13.0. The van der Waals surface area contributed by atoms with E-state index in [1.807, 2.05) is 24.3 Å². The average molecular weight is 416 g/mol. The quantitative estimate of drug-likeness (QED) is 0.625. The molecule has 2 fully saturated rings. The molecule has 1 heterocycles. The van der Waals surface area contributed by atoms with Gasteiger partial charge in [0.15, 0.2) is 11.7 Å². The molecule has 1 aromatic rings. The maximum atomic E-state index is 13.0. The molecule has 2 N–H and O–H groups in total. The number of nitrogens with one attached hydrogen (secondary N) is 1. The number of likely N-dealkylation sites (tertiary alicyclic amines) is 1. The van der Waals surface area contributed by atoms with E-state index in [4.69, 9.17) is 9.84 Å². The SMILES string of the molecule is CC1(C)CC(=O)C(C(=O)NCC(=O)O)C(=O)N1Cc1ccc(OCC2CCC2)cc1. The third-order valence-corrected chi connectivity index (χ3v) is 5.82. The molecule has 0 radical (unpaired) electrons. The third kappa shape index (κ3) is 4.98. The van der Waals surface area contributed by atoms with Crippen LogP contribution >= 0.6 is 0 Å². The number of ketones is 1. The Balaban J connectivity index is 1.67. The highest BCUT2D eigenvalue weighted by atomic mass is 16.5. The van der Waals surface area contributed by atoms with Gasteiger partial charge in [-0.1, -0.05) is 18.6 Å². The standard InChI is InChI=1S/C22H28N2O6/c1-22(2)10-17(25)19(20(28)23-11-18(26)27)21(29)24(22)12-14-6-8-16(9-7-14)30-13-15-4-3-5-15/h6-9,15,19H,3-5,10-13H2,1-2H3,(H,23,28)(H,26,27). The van der Waals surface area contributed by atoms with Gasteiger partial charge in [0.1, 0.15) is 12.3 Å². The second-order valence-electron chi connectivity index (χ2n) is 8.68. The Morgan fingerprint density at radius 1 is 1.20 bits per heavy atom. The Labute approximate surface area is 175 Å². The van der Waals surface area contributed by atoms with Crippen molar-refractivity contribution >= 4 is 23.6 Å². The van der Waals surface area contributed by atoms with Crippen molar-refractivity contribution in [3.63, 3.8) is 0 Å². The zero-order valence-corrected chi connectivity index (χ0v) is 17.3. The van der Waals surface area contributed by atoms with Crippen LogP contribution in [0.3, 0.4) is 0 Å². The highest BCUT2D eigenvalue weighted by molar-refractivity contribution is 6.20. The summed E-state index contributed by atoms with van der Waals surface area (Å²) in [5.41, 5.74) is 0.100. The van der Waals surface area contributed by atoms with Gasteiger partial charge in [-0.2, -0.15) is 0 Å². The van der Waals surface area contributed by atoms with Crippen molar-refractivity contribution in [3.8, 4) is 5.75 Å². The Hall–Kier alpha value is -2.90. The number of piperidine rings is 1. The van der Waals surface area contributed by atoms with Crippen LogP contribution in [0, 0.1) is 11.8 Å². The van der Waals surface area contributed by atoms with Crippen LogP contribution in [-0.2, 0) is 25.7 Å². The molecule has 1 saturated carbocycles. The molecule has 0 aromatic heterocycles. The lowest BCUT2D eigenvalue weighted by molar-refractivity contribution is -0.158. The van der Waals surface area contributed by atoms with E-state index in [0.29, 0.717) is 12.5 Å². The van der Waals surface area contributed by atoms with Crippen LogP contribution in [-0.4, -0.2) is 52.3 Å². The monoisotopic (exact) mass is 416 g/mol. The van der Waals surface area contributed by atoms with Crippen LogP contribution in [0.4, 0.5) is 0 Å². The normalized spacial score (nSPS) is 21.1. The third-order valence-electron chi connectivity index (χ3n) is 5.82.